The summed E-state index contributed by atoms with van der Waals surface area (Å²) < 4.78 is 12.9. The Bertz CT molecular complexity index is 738. The zero-order chi connectivity index (χ0) is 16.3. The normalized spacial score (nSPS) is 12.0. The molecule has 0 saturated carbocycles. The largest absolute Gasteiger partial charge is 0.349 e. The average molecular weight is 303 g/mol. The Morgan fingerprint density at radius 1 is 1.32 bits per heavy atom. The number of H-pyrrole nitrogens is 1. The van der Waals surface area contributed by atoms with Crippen LogP contribution in [0.25, 0.3) is 0 Å². The minimum absolute atomic E-state index is 0.0417. The number of hydrogen-bond donors (Lipinski definition) is 2. The van der Waals surface area contributed by atoms with Gasteiger partial charge in [0, 0.05) is 11.3 Å². The van der Waals surface area contributed by atoms with E-state index in [4.69, 9.17) is 0 Å². The molecule has 1 aromatic carbocycles. The number of aromatic amines is 1. The maximum atomic E-state index is 12.9. The lowest BCUT2D eigenvalue weighted by molar-refractivity contribution is -0.121. The maximum Gasteiger partial charge on any atom is 0.254 e. The number of amides is 1. The molecule has 0 bridgehead atoms. The fourth-order valence-electron chi connectivity index (χ4n) is 2.25. The van der Waals surface area contributed by atoms with Gasteiger partial charge in [0.05, 0.1) is 12.5 Å². The van der Waals surface area contributed by atoms with Gasteiger partial charge in [-0.25, -0.2) is 9.37 Å². The summed E-state index contributed by atoms with van der Waals surface area (Å²) in [5.41, 5.74) is 1.40. The number of hydrogen-bond acceptors (Lipinski definition) is 3. The van der Waals surface area contributed by atoms with Crippen LogP contribution < -0.4 is 10.9 Å². The Labute approximate surface area is 127 Å². The van der Waals surface area contributed by atoms with Crippen molar-refractivity contribution in [1.29, 1.82) is 0 Å². The van der Waals surface area contributed by atoms with Crippen LogP contribution in [0.5, 0.6) is 0 Å². The summed E-state index contributed by atoms with van der Waals surface area (Å²) in [7, 11) is 0. The highest BCUT2D eigenvalue weighted by Gasteiger charge is 2.14. The molecule has 0 spiro atoms. The van der Waals surface area contributed by atoms with Gasteiger partial charge in [0.2, 0.25) is 5.91 Å². The van der Waals surface area contributed by atoms with Crippen LogP contribution in [0.2, 0.25) is 0 Å². The SMILES string of the molecule is Cc1nc(C)c(CC(=O)NC(C)c2ccc(F)cc2)c(=O)[nH]1. The highest BCUT2D eigenvalue weighted by atomic mass is 19.1. The molecule has 2 rings (SSSR count). The molecule has 0 saturated heterocycles. The van der Waals surface area contributed by atoms with Crippen molar-refractivity contribution in [2.75, 3.05) is 0 Å². The second-order valence-corrected chi connectivity index (χ2v) is 5.23. The van der Waals surface area contributed by atoms with Gasteiger partial charge in [-0.3, -0.25) is 9.59 Å². The molecule has 6 heteroatoms. The third kappa shape index (κ3) is 3.78. The molecule has 0 radical (unpaired) electrons. The molecule has 2 N–H and O–H groups in total. The summed E-state index contributed by atoms with van der Waals surface area (Å²) in [6.45, 7) is 5.19. The maximum absolute atomic E-state index is 12.9. The van der Waals surface area contributed by atoms with E-state index in [1.165, 1.54) is 12.1 Å². The van der Waals surface area contributed by atoms with Gasteiger partial charge in [-0.2, -0.15) is 0 Å². The van der Waals surface area contributed by atoms with E-state index in [2.05, 4.69) is 15.3 Å². The molecule has 0 aliphatic rings. The topological polar surface area (TPSA) is 74.8 Å². The minimum atomic E-state index is -0.324. The van der Waals surface area contributed by atoms with E-state index in [9.17, 15) is 14.0 Å². The predicted molar refractivity (Wildman–Crippen MR) is 81.0 cm³/mol. The zero-order valence-electron chi connectivity index (χ0n) is 12.7. The fraction of sp³-hybridized carbons (Fsp3) is 0.312. The smallest absolute Gasteiger partial charge is 0.254 e. The Hall–Kier alpha value is -2.50. The summed E-state index contributed by atoms with van der Waals surface area (Å²) >= 11 is 0. The van der Waals surface area contributed by atoms with Crippen molar-refractivity contribution in [3.05, 3.63) is 63.1 Å². The first-order valence-electron chi connectivity index (χ1n) is 6.98. The molecular weight excluding hydrogens is 285 g/mol. The van der Waals surface area contributed by atoms with Gasteiger partial charge in [-0.15, -0.1) is 0 Å². The Morgan fingerprint density at radius 3 is 2.55 bits per heavy atom. The standard InChI is InChI=1S/C16H18FN3O2/c1-9(12-4-6-13(17)7-5-12)19-15(21)8-14-10(2)18-11(3)20-16(14)22/h4-7,9H,8H2,1-3H3,(H,19,21)(H,18,20,22). The number of nitrogens with zero attached hydrogens (tertiary/aromatic N) is 1. The molecule has 1 heterocycles. The lowest BCUT2D eigenvalue weighted by Gasteiger charge is -2.14. The third-order valence-electron chi connectivity index (χ3n) is 3.43. The molecule has 5 nitrogen and oxygen atoms in total. The Morgan fingerprint density at radius 2 is 1.95 bits per heavy atom. The number of benzene rings is 1. The van der Waals surface area contributed by atoms with Crippen molar-refractivity contribution < 1.29 is 9.18 Å². The van der Waals surface area contributed by atoms with Gasteiger partial charge in [0.25, 0.3) is 5.56 Å². The van der Waals surface area contributed by atoms with Crippen LogP contribution in [0.4, 0.5) is 4.39 Å². The van der Waals surface area contributed by atoms with Gasteiger partial charge >= 0.3 is 0 Å². The van der Waals surface area contributed by atoms with Gasteiger partial charge in [0.15, 0.2) is 0 Å². The van der Waals surface area contributed by atoms with Crippen molar-refractivity contribution in [2.24, 2.45) is 0 Å². The summed E-state index contributed by atoms with van der Waals surface area (Å²) in [6.07, 6.45) is -0.0417. The van der Waals surface area contributed by atoms with E-state index in [0.717, 1.165) is 5.56 Å². The molecule has 0 aliphatic heterocycles. The van der Waals surface area contributed by atoms with Crippen molar-refractivity contribution in [1.82, 2.24) is 15.3 Å². The van der Waals surface area contributed by atoms with E-state index in [0.29, 0.717) is 17.1 Å². The molecular formula is C16H18FN3O2. The third-order valence-corrected chi connectivity index (χ3v) is 3.43. The quantitative estimate of drug-likeness (QED) is 0.906. The van der Waals surface area contributed by atoms with Crippen molar-refractivity contribution in [2.45, 2.75) is 33.2 Å². The molecule has 22 heavy (non-hydrogen) atoms. The number of aryl methyl sites for hydroxylation is 2. The Kier molecular flexibility index (Phi) is 4.70. The lowest BCUT2D eigenvalue weighted by Crippen LogP contribution is -2.31. The Balaban J connectivity index is 2.07. The first-order valence-corrected chi connectivity index (χ1v) is 6.98. The molecule has 1 aromatic heterocycles. The fourth-order valence-corrected chi connectivity index (χ4v) is 2.25. The predicted octanol–water partition coefficient (Wildman–Crippen LogP) is 1.95. The van der Waals surface area contributed by atoms with Crippen molar-refractivity contribution in [3.8, 4) is 0 Å². The molecule has 1 atom stereocenters. The van der Waals surface area contributed by atoms with Crippen LogP contribution in [0.15, 0.2) is 29.1 Å². The molecule has 0 fully saturated rings. The van der Waals surface area contributed by atoms with E-state index in [1.807, 2.05) is 0 Å². The van der Waals surface area contributed by atoms with Crippen LogP contribution in [0.1, 0.15) is 35.6 Å². The minimum Gasteiger partial charge on any atom is -0.349 e. The number of carbonyl (C=O) groups excluding carboxylic acids is 1. The average Bonchev–Trinajstić information content (AvgIpc) is 2.43. The van der Waals surface area contributed by atoms with Gasteiger partial charge in [-0.05, 0) is 38.5 Å². The number of halogens is 1. The summed E-state index contributed by atoms with van der Waals surface area (Å²) in [6, 6.07) is 5.65. The van der Waals surface area contributed by atoms with Crippen molar-refractivity contribution >= 4 is 5.91 Å². The highest BCUT2D eigenvalue weighted by Crippen LogP contribution is 2.13. The van der Waals surface area contributed by atoms with Crippen LogP contribution >= 0.6 is 0 Å². The van der Waals surface area contributed by atoms with E-state index < -0.39 is 0 Å². The highest BCUT2D eigenvalue weighted by molar-refractivity contribution is 5.79. The first kappa shape index (κ1) is 15.9. The number of aromatic nitrogens is 2. The lowest BCUT2D eigenvalue weighted by atomic mass is 10.1. The monoisotopic (exact) mass is 303 g/mol. The number of carbonyl (C=O) groups is 1. The summed E-state index contributed by atoms with van der Waals surface area (Å²) in [5.74, 6) is -0.0856. The second kappa shape index (κ2) is 6.51. The first-order chi connectivity index (χ1) is 10.4. The van der Waals surface area contributed by atoms with Gasteiger partial charge < -0.3 is 10.3 Å². The van der Waals surface area contributed by atoms with Crippen LogP contribution in [0.3, 0.4) is 0 Å². The molecule has 1 amide bonds. The molecule has 1 unspecified atom stereocenters. The van der Waals surface area contributed by atoms with Crippen LogP contribution in [-0.2, 0) is 11.2 Å². The number of rotatable bonds is 4. The van der Waals surface area contributed by atoms with Crippen LogP contribution in [-0.4, -0.2) is 15.9 Å². The molecule has 2 aromatic rings. The van der Waals surface area contributed by atoms with Crippen LogP contribution in [0, 0.1) is 19.7 Å². The van der Waals surface area contributed by atoms with E-state index in [-0.39, 0.29) is 29.7 Å². The van der Waals surface area contributed by atoms with Gasteiger partial charge in [-0.1, -0.05) is 12.1 Å². The summed E-state index contributed by atoms with van der Waals surface area (Å²) in [5, 5.41) is 2.79. The molecule has 0 aliphatic carbocycles. The van der Waals surface area contributed by atoms with E-state index in [1.54, 1.807) is 32.9 Å². The van der Waals surface area contributed by atoms with Crippen molar-refractivity contribution in [3.63, 3.8) is 0 Å². The van der Waals surface area contributed by atoms with Gasteiger partial charge in [0.1, 0.15) is 11.6 Å². The second-order valence-electron chi connectivity index (χ2n) is 5.23. The zero-order valence-corrected chi connectivity index (χ0v) is 12.7. The number of nitrogens with one attached hydrogen (secondary N) is 2. The summed E-state index contributed by atoms with van der Waals surface area (Å²) in [4.78, 5) is 30.7. The van der Waals surface area contributed by atoms with E-state index >= 15 is 0 Å². The molecule has 116 valence electrons.